The summed E-state index contributed by atoms with van der Waals surface area (Å²) in [5, 5.41) is 12.2. The van der Waals surface area contributed by atoms with Gasteiger partial charge in [-0.3, -0.25) is 4.79 Å². The maximum absolute atomic E-state index is 10.8. The monoisotopic (exact) mass is 262 g/mol. The minimum atomic E-state index is -0.720. The molecule has 4 nitrogen and oxygen atoms in total. The van der Waals surface area contributed by atoms with Gasteiger partial charge in [0.2, 0.25) is 0 Å². The SMILES string of the molecule is Cc1ccc(N2C(C)CNCC2CCC(=O)O)cc1. The molecule has 0 radical (unpaired) electrons. The molecule has 0 aromatic heterocycles. The third-order valence-electron chi connectivity index (χ3n) is 3.71. The molecule has 1 aliphatic heterocycles. The first-order valence-electron chi connectivity index (χ1n) is 6.85. The Kier molecular flexibility index (Phi) is 4.43. The summed E-state index contributed by atoms with van der Waals surface area (Å²) in [6, 6.07) is 9.12. The molecule has 104 valence electrons. The van der Waals surface area contributed by atoms with Gasteiger partial charge >= 0.3 is 5.97 Å². The van der Waals surface area contributed by atoms with Crippen LogP contribution in [0.15, 0.2) is 24.3 Å². The highest BCUT2D eigenvalue weighted by atomic mass is 16.4. The lowest BCUT2D eigenvalue weighted by atomic mass is 10.0. The van der Waals surface area contributed by atoms with Crippen molar-refractivity contribution < 1.29 is 9.90 Å². The third kappa shape index (κ3) is 3.47. The number of aryl methyl sites for hydroxylation is 1. The molecule has 2 atom stereocenters. The van der Waals surface area contributed by atoms with Crippen LogP contribution in [-0.4, -0.2) is 36.2 Å². The quantitative estimate of drug-likeness (QED) is 0.871. The molecule has 1 fully saturated rings. The number of carboxylic acids is 1. The zero-order chi connectivity index (χ0) is 13.8. The third-order valence-corrected chi connectivity index (χ3v) is 3.71. The summed E-state index contributed by atoms with van der Waals surface area (Å²) in [7, 11) is 0. The highest BCUT2D eigenvalue weighted by Gasteiger charge is 2.27. The predicted molar refractivity (Wildman–Crippen MR) is 76.6 cm³/mol. The fourth-order valence-electron chi connectivity index (χ4n) is 2.73. The number of hydrogen-bond donors (Lipinski definition) is 2. The zero-order valence-electron chi connectivity index (χ0n) is 11.6. The van der Waals surface area contributed by atoms with E-state index in [-0.39, 0.29) is 12.5 Å². The normalized spacial score (nSPS) is 23.4. The lowest BCUT2D eigenvalue weighted by molar-refractivity contribution is -0.137. The van der Waals surface area contributed by atoms with Gasteiger partial charge in [-0.2, -0.15) is 0 Å². The average molecular weight is 262 g/mol. The summed E-state index contributed by atoms with van der Waals surface area (Å²) in [5.41, 5.74) is 2.43. The molecule has 19 heavy (non-hydrogen) atoms. The van der Waals surface area contributed by atoms with Gasteiger partial charge < -0.3 is 15.3 Å². The number of anilines is 1. The summed E-state index contributed by atoms with van der Waals surface area (Å²) in [6.45, 7) is 6.05. The van der Waals surface area contributed by atoms with Crippen LogP contribution in [-0.2, 0) is 4.79 Å². The fraction of sp³-hybridized carbons (Fsp3) is 0.533. The maximum Gasteiger partial charge on any atom is 0.303 e. The fourth-order valence-corrected chi connectivity index (χ4v) is 2.73. The first-order valence-corrected chi connectivity index (χ1v) is 6.85. The molecule has 0 saturated carbocycles. The standard InChI is InChI=1S/C15H22N2O2/c1-11-3-5-13(6-4-11)17-12(2)9-16-10-14(17)7-8-15(18)19/h3-6,12,14,16H,7-10H2,1-2H3,(H,18,19). The lowest BCUT2D eigenvalue weighted by Gasteiger charge is -2.43. The van der Waals surface area contributed by atoms with Crippen molar-refractivity contribution >= 4 is 11.7 Å². The van der Waals surface area contributed by atoms with Crippen LogP contribution in [0.25, 0.3) is 0 Å². The number of aliphatic carboxylic acids is 1. The largest absolute Gasteiger partial charge is 0.481 e. The van der Waals surface area contributed by atoms with Gasteiger partial charge in [0.15, 0.2) is 0 Å². The van der Waals surface area contributed by atoms with Crippen molar-refractivity contribution in [2.24, 2.45) is 0 Å². The van der Waals surface area contributed by atoms with Crippen LogP contribution in [0.3, 0.4) is 0 Å². The van der Waals surface area contributed by atoms with E-state index >= 15 is 0 Å². The van der Waals surface area contributed by atoms with Crippen LogP contribution in [0.4, 0.5) is 5.69 Å². The van der Waals surface area contributed by atoms with Gasteiger partial charge in [0, 0.05) is 37.3 Å². The molecule has 1 aliphatic rings. The van der Waals surface area contributed by atoms with Crippen molar-refractivity contribution in [3.05, 3.63) is 29.8 Å². The van der Waals surface area contributed by atoms with Crippen LogP contribution in [0.1, 0.15) is 25.3 Å². The summed E-state index contributed by atoms with van der Waals surface area (Å²) in [5.74, 6) is -0.720. The van der Waals surface area contributed by atoms with Crippen molar-refractivity contribution in [2.45, 2.75) is 38.8 Å². The van der Waals surface area contributed by atoms with Crippen LogP contribution in [0, 0.1) is 6.92 Å². The summed E-state index contributed by atoms with van der Waals surface area (Å²) >= 11 is 0. The second-order valence-electron chi connectivity index (χ2n) is 5.34. The van der Waals surface area contributed by atoms with Gasteiger partial charge in [0.05, 0.1) is 0 Å². The zero-order valence-corrected chi connectivity index (χ0v) is 11.6. The van der Waals surface area contributed by atoms with Gasteiger partial charge in [-0.15, -0.1) is 0 Å². The number of rotatable bonds is 4. The van der Waals surface area contributed by atoms with Crippen LogP contribution in [0.2, 0.25) is 0 Å². The van der Waals surface area contributed by atoms with Crippen LogP contribution < -0.4 is 10.2 Å². The highest BCUT2D eigenvalue weighted by molar-refractivity contribution is 5.66. The van der Waals surface area contributed by atoms with Crippen LogP contribution in [0.5, 0.6) is 0 Å². The summed E-state index contributed by atoms with van der Waals surface area (Å²) in [4.78, 5) is 13.1. The molecule has 1 aromatic rings. The van der Waals surface area contributed by atoms with Gasteiger partial charge in [0.1, 0.15) is 0 Å². The van der Waals surface area contributed by atoms with E-state index in [1.807, 2.05) is 0 Å². The Labute approximate surface area is 114 Å². The second kappa shape index (κ2) is 6.06. The van der Waals surface area contributed by atoms with Crippen molar-refractivity contribution in [3.8, 4) is 0 Å². The number of hydrogen-bond acceptors (Lipinski definition) is 3. The van der Waals surface area contributed by atoms with E-state index in [4.69, 9.17) is 5.11 Å². The van der Waals surface area contributed by atoms with Crippen molar-refractivity contribution in [2.75, 3.05) is 18.0 Å². The van der Waals surface area contributed by atoms with E-state index in [1.54, 1.807) is 0 Å². The summed E-state index contributed by atoms with van der Waals surface area (Å²) < 4.78 is 0. The first kappa shape index (κ1) is 13.9. The molecule has 4 heteroatoms. The molecule has 0 amide bonds. The highest BCUT2D eigenvalue weighted by Crippen LogP contribution is 2.24. The number of benzene rings is 1. The molecule has 0 aliphatic carbocycles. The number of nitrogens with one attached hydrogen (secondary N) is 1. The Hall–Kier alpha value is -1.55. The van der Waals surface area contributed by atoms with Gasteiger partial charge in [-0.25, -0.2) is 0 Å². The molecule has 1 heterocycles. The lowest BCUT2D eigenvalue weighted by Crippen LogP contribution is -2.56. The Morgan fingerprint density at radius 3 is 2.68 bits per heavy atom. The predicted octanol–water partition coefficient (Wildman–Crippen LogP) is 2.03. The number of nitrogens with zero attached hydrogens (tertiary/aromatic N) is 1. The minimum absolute atomic E-state index is 0.224. The van der Waals surface area contributed by atoms with Gasteiger partial charge in [0.25, 0.3) is 0 Å². The average Bonchev–Trinajstić information content (AvgIpc) is 2.38. The number of piperazine rings is 1. The Bertz CT molecular complexity index is 430. The van der Waals surface area contributed by atoms with E-state index in [0.717, 1.165) is 13.1 Å². The van der Waals surface area contributed by atoms with E-state index < -0.39 is 5.97 Å². The molecule has 0 bridgehead atoms. The van der Waals surface area contributed by atoms with Gasteiger partial charge in [-0.1, -0.05) is 17.7 Å². The number of carbonyl (C=O) groups is 1. The maximum atomic E-state index is 10.8. The minimum Gasteiger partial charge on any atom is -0.481 e. The summed E-state index contributed by atoms with van der Waals surface area (Å²) in [6.07, 6.45) is 0.905. The molecule has 0 spiro atoms. The number of carboxylic acid groups (broad SMARTS) is 1. The molecular weight excluding hydrogens is 240 g/mol. The second-order valence-corrected chi connectivity index (χ2v) is 5.34. The molecule has 1 saturated heterocycles. The first-order chi connectivity index (χ1) is 9.08. The van der Waals surface area contributed by atoms with Gasteiger partial charge in [-0.05, 0) is 32.4 Å². The van der Waals surface area contributed by atoms with Crippen LogP contribution >= 0.6 is 0 Å². The van der Waals surface area contributed by atoms with E-state index in [2.05, 4.69) is 48.3 Å². The van der Waals surface area contributed by atoms with E-state index in [0.29, 0.717) is 12.5 Å². The smallest absolute Gasteiger partial charge is 0.303 e. The van der Waals surface area contributed by atoms with Crippen molar-refractivity contribution in [3.63, 3.8) is 0 Å². The van der Waals surface area contributed by atoms with Crippen molar-refractivity contribution in [1.29, 1.82) is 0 Å². The molecule has 2 N–H and O–H groups in total. The Morgan fingerprint density at radius 2 is 2.05 bits per heavy atom. The molecule has 2 rings (SSSR count). The van der Waals surface area contributed by atoms with Crippen molar-refractivity contribution in [1.82, 2.24) is 5.32 Å². The molecular formula is C15H22N2O2. The van der Waals surface area contributed by atoms with E-state index in [1.165, 1.54) is 11.3 Å². The Morgan fingerprint density at radius 1 is 1.37 bits per heavy atom. The molecule has 2 unspecified atom stereocenters. The van der Waals surface area contributed by atoms with E-state index in [9.17, 15) is 4.79 Å². The Balaban J connectivity index is 2.15. The topological polar surface area (TPSA) is 52.6 Å². The molecule has 1 aromatic carbocycles.